The normalized spacial score (nSPS) is 16.5. The van der Waals surface area contributed by atoms with Crippen LogP contribution in [0.25, 0.3) is 22.0 Å². The second-order valence-corrected chi connectivity index (χ2v) is 12.7. The van der Waals surface area contributed by atoms with Crippen LogP contribution in [-0.2, 0) is 29.0 Å². The summed E-state index contributed by atoms with van der Waals surface area (Å²) < 4.78 is 17.3. The molecule has 252 valence electrons. The first kappa shape index (κ1) is 32.9. The third-order valence-corrected chi connectivity index (χ3v) is 9.90. The molecule has 3 atom stereocenters. The molecule has 0 unspecified atom stereocenters. The van der Waals surface area contributed by atoms with Crippen LogP contribution in [-0.4, -0.2) is 55.6 Å². The van der Waals surface area contributed by atoms with Crippen molar-refractivity contribution in [3.8, 4) is 28.4 Å². The van der Waals surface area contributed by atoms with Gasteiger partial charge >= 0.3 is 0 Å². The van der Waals surface area contributed by atoms with Crippen LogP contribution in [0.2, 0.25) is 0 Å². The number of nitrogens with zero attached hydrogens (tertiary/aromatic N) is 1. The fraction of sp³-hybridized carbons (Fsp3) is 0.395. The number of carbonyl (C=O) groups excluding carboxylic acids is 2. The number of hydrogen-bond acceptors (Lipinski definition) is 7. The van der Waals surface area contributed by atoms with Crippen molar-refractivity contribution in [3.05, 3.63) is 81.1 Å². The molecule has 1 aliphatic carbocycles. The minimum Gasteiger partial charge on any atom is -0.493 e. The van der Waals surface area contributed by atoms with Crippen LogP contribution in [0.3, 0.4) is 0 Å². The number of nitrogens with one attached hydrogen (secondary N) is 3. The summed E-state index contributed by atoms with van der Waals surface area (Å²) in [6.45, 7) is 6.64. The van der Waals surface area contributed by atoms with Crippen molar-refractivity contribution in [1.29, 1.82) is 0 Å². The van der Waals surface area contributed by atoms with Crippen LogP contribution in [0.15, 0.2) is 53.3 Å². The molecule has 0 saturated heterocycles. The molecule has 3 aromatic carbocycles. The highest BCUT2D eigenvalue weighted by Crippen LogP contribution is 2.50. The highest BCUT2D eigenvalue weighted by molar-refractivity contribution is 5.88. The van der Waals surface area contributed by atoms with E-state index in [-0.39, 0.29) is 23.2 Å². The van der Waals surface area contributed by atoms with E-state index in [1.807, 2.05) is 43.0 Å². The Morgan fingerprint density at radius 3 is 2.50 bits per heavy atom. The van der Waals surface area contributed by atoms with Gasteiger partial charge in [0.15, 0.2) is 11.5 Å². The number of anilines is 1. The zero-order valence-corrected chi connectivity index (χ0v) is 28.5. The molecule has 10 nitrogen and oxygen atoms in total. The lowest BCUT2D eigenvalue weighted by molar-refractivity contribution is -0.134. The van der Waals surface area contributed by atoms with E-state index in [0.29, 0.717) is 54.4 Å². The first-order valence-electron chi connectivity index (χ1n) is 16.6. The summed E-state index contributed by atoms with van der Waals surface area (Å²) >= 11 is 0. The van der Waals surface area contributed by atoms with E-state index in [2.05, 4.69) is 27.8 Å². The van der Waals surface area contributed by atoms with Crippen LogP contribution in [0, 0.1) is 5.92 Å². The van der Waals surface area contributed by atoms with E-state index in [4.69, 9.17) is 14.2 Å². The quantitative estimate of drug-likeness (QED) is 0.210. The topological polar surface area (TPSA) is 122 Å². The van der Waals surface area contributed by atoms with E-state index >= 15 is 0 Å². The number of carbonyl (C=O) groups is 2. The molecule has 0 bridgehead atoms. The summed E-state index contributed by atoms with van der Waals surface area (Å²) in [5.41, 5.74) is 6.56. The highest BCUT2D eigenvalue weighted by atomic mass is 16.5. The number of aromatic amines is 1. The molecule has 3 N–H and O–H groups in total. The Labute approximate surface area is 280 Å². The molecule has 48 heavy (non-hydrogen) atoms. The number of para-hydroxylation sites is 1. The number of H-pyrrole nitrogens is 1. The molecule has 1 aromatic heterocycles. The van der Waals surface area contributed by atoms with Gasteiger partial charge < -0.3 is 34.7 Å². The first-order chi connectivity index (χ1) is 23.2. The Morgan fingerprint density at radius 1 is 1.02 bits per heavy atom. The summed E-state index contributed by atoms with van der Waals surface area (Å²) in [4.78, 5) is 46.0. The average molecular weight is 653 g/mol. The number of amides is 2. The van der Waals surface area contributed by atoms with Crippen molar-refractivity contribution in [1.82, 2.24) is 15.2 Å². The van der Waals surface area contributed by atoms with Crippen LogP contribution in [0.1, 0.15) is 62.0 Å². The minimum atomic E-state index is -0.617. The average Bonchev–Trinajstić information content (AvgIpc) is 3.31. The van der Waals surface area contributed by atoms with E-state index < -0.39 is 12.1 Å². The van der Waals surface area contributed by atoms with Gasteiger partial charge in [0.2, 0.25) is 23.0 Å². The van der Waals surface area contributed by atoms with E-state index in [1.165, 1.54) is 17.9 Å². The first-order valence-corrected chi connectivity index (χ1v) is 16.6. The second-order valence-electron chi connectivity index (χ2n) is 12.7. The second kappa shape index (κ2) is 13.6. The number of aryl methyl sites for hydroxylation is 1. The molecule has 6 rings (SSSR count). The molecule has 0 radical (unpaired) electrons. The number of fused-ring (bicyclic) bond motifs is 6. The van der Waals surface area contributed by atoms with E-state index in [0.717, 1.165) is 40.7 Å². The van der Waals surface area contributed by atoms with Crippen molar-refractivity contribution in [3.63, 3.8) is 0 Å². The summed E-state index contributed by atoms with van der Waals surface area (Å²) in [6.07, 6.45) is 2.67. The molecular formula is C38H44N4O6. The number of rotatable bonds is 9. The number of benzene rings is 2. The predicted molar refractivity (Wildman–Crippen MR) is 187 cm³/mol. The monoisotopic (exact) mass is 652 g/mol. The lowest BCUT2D eigenvalue weighted by atomic mass is 9.95. The molecule has 1 aliphatic heterocycles. The number of aromatic nitrogens is 1. The molecule has 2 aliphatic rings. The van der Waals surface area contributed by atoms with Gasteiger partial charge in [0.05, 0.1) is 39.6 Å². The predicted octanol–water partition coefficient (Wildman–Crippen LogP) is 5.76. The summed E-state index contributed by atoms with van der Waals surface area (Å²) in [5.74, 6) is 1.18. The molecule has 4 aromatic rings. The van der Waals surface area contributed by atoms with E-state index in [1.54, 1.807) is 33.5 Å². The fourth-order valence-electron chi connectivity index (χ4n) is 7.26. The van der Waals surface area contributed by atoms with Crippen molar-refractivity contribution in [2.75, 3.05) is 33.2 Å². The molecular weight excluding hydrogens is 608 g/mol. The number of hydrogen-bond donors (Lipinski definition) is 3. The number of ether oxygens (including phenoxy) is 3. The third-order valence-electron chi connectivity index (χ3n) is 9.90. The van der Waals surface area contributed by atoms with Gasteiger partial charge in [-0.25, -0.2) is 0 Å². The Hall–Kier alpha value is -4.99. The zero-order valence-electron chi connectivity index (χ0n) is 28.5. The van der Waals surface area contributed by atoms with Crippen molar-refractivity contribution >= 4 is 28.4 Å². The smallest absolute Gasteiger partial charge is 0.245 e. The van der Waals surface area contributed by atoms with Gasteiger partial charge in [0.1, 0.15) is 6.04 Å². The summed E-state index contributed by atoms with van der Waals surface area (Å²) in [6, 6.07) is 14.3. The Balaban J connectivity index is 1.41. The van der Waals surface area contributed by atoms with Crippen LogP contribution < -0.4 is 30.3 Å². The van der Waals surface area contributed by atoms with Gasteiger partial charge in [0.25, 0.3) is 0 Å². The summed E-state index contributed by atoms with van der Waals surface area (Å²) in [5, 5.41) is 7.63. The standard InChI is InChI=1S/C38H44N4O6/c1-7-21(2)35(38(45)42-17-16-25-24-10-8-9-11-28(24)40-31(25)20-42)41-30-15-13-26-27(19-32(30)44)29(39-22(3)43)14-12-23-18-33(46-4)36(47-5)37(48-6)34(23)26/h8-11,13,15,18-19,21,29,35,40H,7,12,14,16-17,20H2,1-6H3,(H,39,43)(H,41,44)/t21-,29+,35+/m1/s1. The van der Waals surface area contributed by atoms with Crippen LogP contribution >= 0.6 is 0 Å². The maximum atomic E-state index is 14.2. The fourth-order valence-corrected chi connectivity index (χ4v) is 7.26. The largest absolute Gasteiger partial charge is 0.493 e. The lowest BCUT2D eigenvalue weighted by Crippen LogP contribution is -2.48. The molecule has 2 heterocycles. The highest BCUT2D eigenvalue weighted by Gasteiger charge is 2.33. The van der Waals surface area contributed by atoms with Gasteiger partial charge in [-0.3, -0.25) is 14.4 Å². The number of methoxy groups -OCH3 is 3. The van der Waals surface area contributed by atoms with Gasteiger partial charge in [-0.2, -0.15) is 0 Å². The third kappa shape index (κ3) is 5.95. The van der Waals surface area contributed by atoms with Crippen molar-refractivity contribution < 1.29 is 23.8 Å². The molecule has 2 amide bonds. The van der Waals surface area contributed by atoms with Gasteiger partial charge in [-0.05, 0) is 71.7 Å². The van der Waals surface area contributed by atoms with Gasteiger partial charge in [0, 0.05) is 35.6 Å². The molecule has 0 spiro atoms. The maximum Gasteiger partial charge on any atom is 0.245 e. The minimum absolute atomic E-state index is 0.0407. The molecule has 10 heteroatoms. The Kier molecular flexibility index (Phi) is 9.35. The van der Waals surface area contributed by atoms with Crippen LogP contribution in [0.5, 0.6) is 17.2 Å². The lowest BCUT2D eigenvalue weighted by Gasteiger charge is -2.33. The van der Waals surface area contributed by atoms with Gasteiger partial charge in [-0.1, -0.05) is 44.5 Å². The maximum absolute atomic E-state index is 14.2. The SMILES string of the molecule is CC[C@@H](C)[C@H](Nc1ccc2c(cc1=O)[C@@H](NC(C)=O)CCc1cc(OC)c(OC)c(OC)c1-2)C(=O)N1CCc2c([nH]c3ccccc23)C1. The van der Waals surface area contributed by atoms with Crippen molar-refractivity contribution in [2.24, 2.45) is 5.92 Å². The molecule has 0 fully saturated rings. The zero-order chi connectivity index (χ0) is 34.1. The summed E-state index contributed by atoms with van der Waals surface area (Å²) in [7, 11) is 4.71. The van der Waals surface area contributed by atoms with Gasteiger partial charge in [-0.15, -0.1) is 0 Å². The Bertz CT molecular complexity index is 1940. The van der Waals surface area contributed by atoms with E-state index in [9.17, 15) is 14.4 Å². The van der Waals surface area contributed by atoms with Crippen LogP contribution in [0.4, 0.5) is 5.69 Å². The van der Waals surface area contributed by atoms with Crippen molar-refractivity contribution in [2.45, 2.75) is 65.1 Å². The molecule has 0 saturated carbocycles. The Morgan fingerprint density at radius 2 is 1.79 bits per heavy atom.